The first-order chi connectivity index (χ1) is 9.19. The molecule has 19 heavy (non-hydrogen) atoms. The van der Waals surface area contributed by atoms with E-state index in [0.717, 1.165) is 17.5 Å². The highest BCUT2D eigenvalue weighted by Gasteiger charge is 2.24. The molecule has 0 radical (unpaired) electrons. The van der Waals surface area contributed by atoms with Crippen molar-refractivity contribution in [3.05, 3.63) is 53.6 Å². The van der Waals surface area contributed by atoms with Gasteiger partial charge in [-0.1, -0.05) is 43.0 Å². The summed E-state index contributed by atoms with van der Waals surface area (Å²) in [5.74, 6) is -0.266. The van der Waals surface area contributed by atoms with Crippen molar-refractivity contribution < 1.29 is 14.3 Å². The molecule has 0 bridgehead atoms. The highest BCUT2D eigenvalue weighted by Crippen LogP contribution is 2.11. The lowest BCUT2D eigenvalue weighted by Crippen LogP contribution is -2.10. The zero-order valence-electron chi connectivity index (χ0n) is 11.1. The van der Waals surface area contributed by atoms with Gasteiger partial charge < -0.3 is 9.47 Å². The van der Waals surface area contributed by atoms with Gasteiger partial charge in [-0.3, -0.25) is 0 Å². The van der Waals surface area contributed by atoms with Crippen LogP contribution in [0.25, 0.3) is 6.08 Å². The molecule has 0 aromatic heterocycles. The van der Waals surface area contributed by atoms with Crippen molar-refractivity contribution in [3.63, 3.8) is 0 Å². The molecule has 1 saturated heterocycles. The summed E-state index contributed by atoms with van der Waals surface area (Å²) in [6, 6.07) is 8.08. The van der Waals surface area contributed by atoms with Crippen LogP contribution >= 0.6 is 0 Å². The Labute approximate surface area is 113 Å². The Morgan fingerprint density at radius 3 is 2.74 bits per heavy atom. The van der Waals surface area contributed by atoms with Crippen LogP contribution in [-0.4, -0.2) is 25.3 Å². The van der Waals surface area contributed by atoms with E-state index in [4.69, 9.17) is 9.47 Å². The van der Waals surface area contributed by atoms with Gasteiger partial charge in [-0.05, 0) is 24.5 Å². The molecule has 0 spiro atoms. The lowest BCUT2D eigenvalue weighted by Gasteiger charge is -2.03. The fraction of sp³-hybridized carbons (Fsp3) is 0.312. The smallest absolute Gasteiger partial charge is 0.333 e. The van der Waals surface area contributed by atoms with Gasteiger partial charge in [0.1, 0.15) is 12.7 Å². The zero-order chi connectivity index (χ0) is 13.7. The van der Waals surface area contributed by atoms with Crippen LogP contribution in [0.15, 0.2) is 42.5 Å². The van der Waals surface area contributed by atoms with Crippen molar-refractivity contribution in [2.75, 3.05) is 13.2 Å². The number of hydrogen-bond donors (Lipinski definition) is 0. The van der Waals surface area contributed by atoms with E-state index >= 15 is 0 Å². The summed E-state index contributed by atoms with van der Waals surface area (Å²) < 4.78 is 10.1. The van der Waals surface area contributed by atoms with Gasteiger partial charge >= 0.3 is 5.97 Å². The maximum Gasteiger partial charge on any atom is 0.333 e. The summed E-state index contributed by atoms with van der Waals surface area (Å²) >= 11 is 0. The van der Waals surface area contributed by atoms with Crippen LogP contribution in [0.2, 0.25) is 0 Å². The molecular weight excluding hydrogens is 240 g/mol. The number of hydrogen-bond acceptors (Lipinski definition) is 3. The van der Waals surface area contributed by atoms with Crippen molar-refractivity contribution in [2.45, 2.75) is 19.4 Å². The lowest BCUT2D eigenvalue weighted by molar-refractivity contribution is -0.139. The largest absolute Gasteiger partial charge is 0.459 e. The number of epoxide rings is 1. The third-order valence-corrected chi connectivity index (χ3v) is 2.98. The van der Waals surface area contributed by atoms with Gasteiger partial charge in [-0.25, -0.2) is 4.79 Å². The van der Waals surface area contributed by atoms with Crippen molar-refractivity contribution in [3.8, 4) is 0 Å². The van der Waals surface area contributed by atoms with E-state index < -0.39 is 0 Å². The molecule has 0 aliphatic carbocycles. The molecular formula is C16H18O3. The molecule has 1 aliphatic rings. The normalized spacial score (nSPS) is 17.9. The van der Waals surface area contributed by atoms with Crippen LogP contribution in [0.5, 0.6) is 0 Å². The Morgan fingerprint density at radius 1 is 1.47 bits per heavy atom. The third kappa shape index (κ3) is 4.38. The van der Waals surface area contributed by atoms with Gasteiger partial charge in [0, 0.05) is 5.57 Å². The van der Waals surface area contributed by atoms with Gasteiger partial charge in [0.25, 0.3) is 0 Å². The average molecular weight is 258 g/mol. The highest BCUT2D eigenvalue weighted by molar-refractivity contribution is 5.87. The van der Waals surface area contributed by atoms with Crippen LogP contribution in [-0.2, 0) is 20.7 Å². The maximum absolute atomic E-state index is 11.6. The molecule has 3 nitrogen and oxygen atoms in total. The predicted molar refractivity (Wildman–Crippen MR) is 74.7 cm³/mol. The lowest BCUT2D eigenvalue weighted by atomic mass is 10.1. The zero-order valence-corrected chi connectivity index (χ0v) is 11.1. The summed E-state index contributed by atoms with van der Waals surface area (Å²) in [5.41, 5.74) is 2.88. The molecule has 1 fully saturated rings. The fourth-order valence-corrected chi connectivity index (χ4v) is 1.59. The summed E-state index contributed by atoms with van der Waals surface area (Å²) in [7, 11) is 0. The number of ether oxygens (including phenoxy) is 2. The Bertz CT molecular complexity index is 481. The number of allylic oxidation sites excluding steroid dienone is 1. The number of carbonyl (C=O) groups is 1. The minimum atomic E-state index is -0.266. The first-order valence-corrected chi connectivity index (χ1v) is 6.36. The monoisotopic (exact) mass is 258 g/mol. The summed E-state index contributed by atoms with van der Waals surface area (Å²) in [5, 5.41) is 0. The Balaban J connectivity index is 1.84. The number of rotatable bonds is 6. The maximum atomic E-state index is 11.6. The van der Waals surface area contributed by atoms with E-state index in [0.29, 0.717) is 18.8 Å². The van der Waals surface area contributed by atoms with Gasteiger partial charge in [0.05, 0.1) is 6.61 Å². The topological polar surface area (TPSA) is 38.8 Å². The third-order valence-electron chi connectivity index (χ3n) is 2.98. The van der Waals surface area contributed by atoms with Crippen molar-refractivity contribution in [2.24, 2.45) is 0 Å². The molecule has 0 amide bonds. The first-order valence-electron chi connectivity index (χ1n) is 6.36. The Morgan fingerprint density at radius 2 is 2.16 bits per heavy atom. The Kier molecular flexibility index (Phi) is 4.53. The molecule has 1 aliphatic heterocycles. The molecule has 1 atom stereocenters. The van der Waals surface area contributed by atoms with E-state index in [1.54, 1.807) is 6.92 Å². The van der Waals surface area contributed by atoms with Crippen LogP contribution < -0.4 is 0 Å². The second-order valence-electron chi connectivity index (χ2n) is 4.59. The van der Waals surface area contributed by atoms with Crippen LogP contribution in [0.4, 0.5) is 0 Å². The van der Waals surface area contributed by atoms with Gasteiger partial charge in [-0.15, -0.1) is 0 Å². The predicted octanol–water partition coefficient (Wildman–Crippen LogP) is 2.76. The van der Waals surface area contributed by atoms with E-state index in [-0.39, 0.29) is 12.1 Å². The molecule has 1 aromatic rings. The van der Waals surface area contributed by atoms with E-state index in [9.17, 15) is 4.79 Å². The summed E-state index contributed by atoms with van der Waals surface area (Å²) in [6.07, 6.45) is 4.53. The molecule has 1 heterocycles. The van der Waals surface area contributed by atoms with Gasteiger partial charge in [0.2, 0.25) is 0 Å². The average Bonchev–Trinajstić information content (AvgIpc) is 3.26. The van der Waals surface area contributed by atoms with Crippen LogP contribution in [0.1, 0.15) is 18.1 Å². The molecule has 1 aromatic carbocycles. The van der Waals surface area contributed by atoms with Gasteiger partial charge in [0.15, 0.2) is 0 Å². The molecule has 2 rings (SSSR count). The minimum Gasteiger partial charge on any atom is -0.459 e. The number of benzene rings is 1. The number of esters is 1. The standard InChI is InChI=1S/C16H18O3/c1-3-13-6-8-14(9-7-13)5-4-12(2)16(17)19-11-15-10-18-15/h3-4,6-9,15H,1,5,10-11H2,2H3. The molecule has 0 N–H and O–H groups in total. The van der Waals surface area contributed by atoms with E-state index in [2.05, 4.69) is 6.58 Å². The van der Waals surface area contributed by atoms with Crippen LogP contribution in [0, 0.1) is 0 Å². The molecule has 3 heteroatoms. The molecule has 1 unspecified atom stereocenters. The first kappa shape index (κ1) is 13.6. The van der Waals surface area contributed by atoms with Crippen LogP contribution in [0.3, 0.4) is 0 Å². The number of carbonyl (C=O) groups excluding carboxylic acids is 1. The van der Waals surface area contributed by atoms with Crippen molar-refractivity contribution in [1.82, 2.24) is 0 Å². The quantitative estimate of drug-likeness (QED) is 0.447. The highest BCUT2D eigenvalue weighted by atomic mass is 16.6. The van der Waals surface area contributed by atoms with E-state index in [1.165, 1.54) is 0 Å². The molecule has 0 saturated carbocycles. The van der Waals surface area contributed by atoms with E-state index in [1.807, 2.05) is 36.4 Å². The van der Waals surface area contributed by atoms with Crippen molar-refractivity contribution in [1.29, 1.82) is 0 Å². The summed E-state index contributed by atoms with van der Waals surface area (Å²) in [4.78, 5) is 11.6. The molecule has 100 valence electrons. The summed E-state index contributed by atoms with van der Waals surface area (Å²) in [6.45, 7) is 6.55. The minimum absolute atomic E-state index is 0.114. The second kappa shape index (κ2) is 6.34. The SMILES string of the molecule is C=Cc1ccc(CC=C(C)C(=O)OCC2CO2)cc1. The second-order valence-corrected chi connectivity index (χ2v) is 4.59. The Hall–Kier alpha value is -1.87. The fourth-order valence-electron chi connectivity index (χ4n) is 1.59. The van der Waals surface area contributed by atoms with Crippen molar-refractivity contribution >= 4 is 12.0 Å². The van der Waals surface area contributed by atoms with Gasteiger partial charge in [-0.2, -0.15) is 0 Å².